The van der Waals surface area contributed by atoms with Gasteiger partial charge in [0.05, 0.1) is 5.56 Å². The number of benzene rings is 1. The van der Waals surface area contributed by atoms with Crippen molar-refractivity contribution in [1.29, 1.82) is 0 Å². The number of nitrogens with zero attached hydrogens (tertiary/aromatic N) is 1. The first-order valence-electron chi connectivity index (χ1n) is 6.61. The fourth-order valence-corrected chi connectivity index (χ4v) is 2.60. The summed E-state index contributed by atoms with van der Waals surface area (Å²) in [5.41, 5.74) is 0.755. The molecule has 0 radical (unpaired) electrons. The summed E-state index contributed by atoms with van der Waals surface area (Å²) in [7, 11) is 4.12. The second kappa shape index (κ2) is 7.85. The summed E-state index contributed by atoms with van der Waals surface area (Å²) in [6, 6.07) is 8.04. The van der Waals surface area contributed by atoms with Crippen LogP contribution in [0, 0.1) is 9.49 Å². The first-order chi connectivity index (χ1) is 8.91. The van der Waals surface area contributed by atoms with Crippen LogP contribution in [0.4, 0.5) is 0 Å². The van der Waals surface area contributed by atoms with E-state index in [1.807, 2.05) is 24.3 Å². The highest BCUT2D eigenvalue weighted by Crippen LogP contribution is 2.12. The Morgan fingerprint density at radius 2 is 1.95 bits per heavy atom. The predicted molar refractivity (Wildman–Crippen MR) is 88.4 cm³/mol. The standard InChI is InChI=1S/C15H23IN2O/c1-11(2)9-12(18(3)4)10-17-15(19)13-7-5-6-8-14(13)16/h5-8,11-12H,9-10H2,1-4H3,(H,17,19). The zero-order valence-electron chi connectivity index (χ0n) is 12.1. The summed E-state index contributed by atoms with van der Waals surface area (Å²) in [5, 5.41) is 3.04. The van der Waals surface area contributed by atoms with E-state index in [1.54, 1.807) is 0 Å². The smallest absolute Gasteiger partial charge is 0.252 e. The number of carbonyl (C=O) groups is 1. The van der Waals surface area contributed by atoms with Gasteiger partial charge in [0.2, 0.25) is 0 Å². The van der Waals surface area contributed by atoms with Crippen molar-refractivity contribution in [3.8, 4) is 0 Å². The van der Waals surface area contributed by atoms with E-state index < -0.39 is 0 Å². The maximum Gasteiger partial charge on any atom is 0.252 e. The van der Waals surface area contributed by atoms with E-state index in [4.69, 9.17) is 0 Å². The van der Waals surface area contributed by atoms with Gasteiger partial charge in [0, 0.05) is 16.2 Å². The second-order valence-electron chi connectivity index (χ2n) is 5.44. The van der Waals surface area contributed by atoms with Crippen molar-refractivity contribution in [2.24, 2.45) is 5.92 Å². The molecule has 1 aromatic rings. The fourth-order valence-electron chi connectivity index (χ4n) is 1.97. The highest BCUT2D eigenvalue weighted by molar-refractivity contribution is 14.1. The molecule has 0 aliphatic carbocycles. The summed E-state index contributed by atoms with van der Waals surface area (Å²) in [5.74, 6) is 0.641. The maximum absolute atomic E-state index is 12.1. The van der Waals surface area contributed by atoms with Crippen LogP contribution in [-0.2, 0) is 0 Å². The van der Waals surface area contributed by atoms with Gasteiger partial charge in [-0.15, -0.1) is 0 Å². The number of hydrogen-bond donors (Lipinski definition) is 1. The number of nitrogens with one attached hydrogen (secondary N) is 1. The van der Waals surface area contributed by atoms with Crippen LogP contribution in [-0.4, -0.2) is 37.5 Å². The molecule has 1 rings (SSSR count). The first-order valence-corrected chi connectivity index (χ1v) is 7.68. The van der Waals surface area contributed by atoms with Crippen LogP contribution >= 0.6 is 22.6 Å². The number of likely N-dealkylation sites (N-methyl/N-ethyl adjacent to an activating group) is 1. The third-order valence-electron chi connectivity index (χ3n) is 3.09. The zero-order valence-corrected chi connectivity index (χ0v) is 14.3. The predicted octanol–water partition coefficient (Wildman–Crippen LogP) is 3.00. The SMILES string of the molecule is CC(C)CC(CNC(=O)c1ccccc1I)N(C)C. The van der Waals surface area contributed by atoms with Crippen molar-refractivity contribution in [1.82, 2.24) is 10.2 Å². The van der Waals surface area contributed by atoms with Gasteiger partial charge in [0.15, 0.2) is 0 Å². The molecule has 0 heterocycles. The van der Waals surface area contributed by atoms with Gasteiger partial charge < -0.3 is 10.2 Å². The van der Waals surface area contributed by atoms with Gasteiger partial charge in [-0.25, -0.2) is 0 Å². The molecule has 4 heteroatoms. The highest BCUT2D eigenvalue weighted by atomic mass is 127. The lowest BCUT2D eigenvalue weighted by atomic mass is 10.0. The third-order valence-corrected chi connectivity index (χ3v) is 4.03. The quantitative estimate of drug-likeness (QED) is 0.777. The van der Waals surface area contributed by atoms with Crippen LogP contribution in [0.1, 0.15) is 30.6 Å². The van der Waals surface area contributed by atoms with E-state index in [0.717, 1.165) is 15.6 Å². The van der Waals surface area contributed by atoms with Gasteiger partial charge in [-0.3, -0.25) is 4.79 Å². The van der Waals surface area contributed by atoms with Crippen molar-refractivity contribution < 1.29 is 4.79 Å². The van der Waals surface area contributed by atoms with Crippen LogP contribution in [0.5, 0.6) is 0 Å². The Hall–Kier alpha value is -0.620. The Morgan fingerprint density at radius 3 is 2.47 bits per heavy atom. The van der Waals surface area contributed by atoms with Gasteiger partial charge in [-0.05, 0) is 61.2 Å². The molecule has 1 unspecified atom stereocenters. The molecule has 106 valence electrons. The minimum atomic E-state index is 0.0145. The molecule has 3 nitrogen and oxygen atoms in total. The summed E-state index contributed by atoms with van der Waals surface area (Å²) in [4.78, 5) is 14.3. The molecule has 0 aromatic heterocycles. The zero-order chi connectivity index (χ0) is 14.4. The van der Waals surface area contributed by atoms with E-state index in [-0.39, 0.29) is 5.91 Å². The number of amides is 1. The average Bonchev–Trinajstić information content (AvgIpc) is 2.34. The Balaban J connectivity index is 2.60. The number of rotatable bonds is 6. The Bertz CT molecular complexity index is 418. The molecule has 1 aromatic carbocycles. The minimum absolute atomic E-state index is 0.0145. The molecule has 19 heavy (non-hydrogen) atoms. The van der Waals surface area contributed by atoms with Crippen molar-refractivity contribution in [2.75, 3.05) is 20.6 Å². The third kappa shape index (κ3) is 5.48. The Kier molecular flexibility index (Phi) is 6.79. The Labute approximate surface area is 129 Å². The van der Waals surface area contributed by atoms with E-state index >= 15 is 0 Å². The molecular formula is C15H23IN2O. The Morgan fingerprint density at radius 1 is 1.32 bits per heavy atom. The molecule has 0 aliphatic heterocycles. The molecule has 1 N–H and O–H groups in total. The van der Waals surface area contributed by atoms with Crippen molar-refractivity contribution in [3.63, 3.8) is 0 Å². The number of halogens is 1. The van der Waals surface area contributed by atoms with Crippen LogP contribution in [0.25, 0.3) is 0 Å². The van der Waals surface area contributed by atoms with E-state index in [1.165, 1.54) is 0 Å². The van der Waals surface area contributed by atoms with Crippen LogP contribution in [0.3, 0.4) is 0 Å². The molecular weight excluding hydrogens is 351 g/mol. The van der Waals surface area contributed by atoms with Crippen LogP contribution < -0.4 is 5.32 Å². The maximum atomic E-state index is 12.1. The van der Waals surface area contributed by atoms with E-state index in [2.05, 4.69) is 60.8 Å². The molecule has 0 spiro atoms. The summed E-state index contributed by atoms with van der Waals surface area (Å²) >= 11 is 2.19. The summed E-state index contributed by atoms with van der Waals surface area (Å²) in [6.45, 7) is 5.10. The molecule has 0 saturated heterocycles. The lowest BCUT2D eigenvalue weighted by molar-refractivity contribution is 0.0937. The van der Waals surface area contributed by atoms with Gasteiger partial charge in [-0.2, -0.15) is 0 Å². The molecule has 1 atom stereocenters. The van der Waals surface area contributed by atoms with Crippen LogP contribution in [0.15, 0.2) is 24.3 Å². The largest absolute Gasteiger partial charge is 0.350 e. The monoisotopic (exact) mass is 374 g/mol. The lowest BCUT2D eigenvalue weighted by Gasteiger charge is -2.26. The minimum Gasteiger partial charge on any atom is -0.350 e. The van der Waals surface area contributed by atoms with Crippen LogP contribution in [0.2, 0.25) is 0 Å². The average molecular weight is 374 g/mol. The summed E-state index contributed by atoms with van der Waals surface area (Å²) < 4.78 is 0.989. The molecule has 0 saturated carbocycles. The lowest BCUT2D eigenvalue weighted by Crippen LogP contribution is -2.41. The number of hydrogen-bond acceptors (Lipinski definition) is 2. The highest BCUT2D eigenvalue weighted by Gasteiger charge is 2.16. The molecule has 0 aliphatic rings. The molecule has 0 bridgehead atoms. The fraction of sp³-hybridized carbons (Fsp3) is 0.533. The first kappa shape index (κ1) is 16.4. The van der Waals surface area contributed by atoms with E-state index in [0.29, 0.717) is 18.5 Å². The topological polar surface area (TPSA) is 32.3 Å². The normalized spacial score (nSPS) is 12.8. The van der Waals surface area contributed by atoms with Crippen molar-refractivity contribution in [2.45, 2.75) is 26.3 Å². The van der Waals surface area contributed by atoms with Crippen molar-refractivity contribution in [3.05, 3.63) is 33.4 Å². The van der Waals surface area contributed by atoms with Crippen molar-refractivity contribution >= 4 is 28.5 Å². The van der Waals surface area contributed by atoms with E-state index in [9.17, 15) is 4.79 Å². The summed E-state index contributed by atoms with van der Waals surface area (Å²) in [6.07, 6.45) is 1.08. The van der Waals surface area contributed by atoms with Gasteiger partial charge in [0.25, 0.3) is 5.91 Å². The molecule has 0 fully saturated rings. The number of carbonyl (C=O) groups excluding carboxylic acids is 1. The molecule has 1 amide bonds. The second-order valence-corrected chi connectivity index (χ2v) is 6.60. The van der Waals surface area contributed by atoms with Gasteiger partial charge >= 0.3 is 0 Å². The van der Waals surface area contributed by atoms with Gasteiger partial charge in [-0.1, -0.05) is 26.0 Å². The van der Waals surface area contributed by atoms with Gasteiger partial charge in [0.1, 0.15) is 0 Å².